The summed E-state index contributed by atoms with van der Waals surface area (Å²) >= 11 is 1.26. The fraction of sp³-hybridized carbons (Fsp3) is 0.174. The first-order valence-corrected chi connectivity index (χ1v) is 10.1. The molecule has 5 heteroatoms. The summed E-state index contributed by atoms with van der Waals surface area (Å²) < 4.78 is 2.15. The molecule has 0 atom stereocenters. The first-order valence-electron chi connectivity index (χ1n) is 9.26. The Bertz CT molecular complexity index is 1300. The van der Waals surface area contributed by atoms with E-state index in [0.717, 1.165) is 17.5 Å². The summed E-state index contributed by atoms with van der Waals surface area (Å²) in [6, 6.07) is 17.9. The van der Waals surface area contributed by atoms with E-state index in [1.54, 1.807) is 4.40 Å². The molecule has 0 aliphatic heterocycles. The Balaban J connectivity index is 1.85. The molecule has 0 N–H and O–H groups in total. The normalized spacial score (nSPS) is 12.0. The van der Waals surface area contributed by atoms with Gasteiger partial charge in [-0.3, -0.25) is 14.0 Å². The van der Waals surface area contributed by atoms with Gasteiger partial charge in [-0.05, 0) is 36.1 Å². The van der Waals surface area contributed by atoms with Gasteiger partial charge in [0.05, 0.1) is 4.53 Å². The fourth-order valence-corrected chi connectivity index (χ4v) is 4.30. The predicted molar refractivity (Wildman–Crippen MR) is 114 cm³/mol. The molecule has 4 rings (SSSR count). The Kier molecular flexibility index (Phi) is 4.92. The van der Waals surface area contributed by atoms with E-state index >= 15 is 0 Å². The van der Waals surface area contributed by atoms with Crippen molar-refractivity contribution in [1.29, 1.82) is 0 Å². The molecule has 28 heavy (non-hydrogen) atoms. The van der Waals surface area contributed by atoms with Crippen molar-refractivity contribution in [2.75, 3.05) is 0 Å². The van der Waals surface area contributed by atoms with Gasteiger partial charge in [-0.25, -0.2) is 0 Å². The minimum absolute atomic E-state index is 0.126. The second-order valence-corrected chi connectivity index (χ2v) is 7.78. The van der Waals surface area contributed by atoms with Crippen molar-refractivity contribution in [3.05, 3.63) is 108 Å². The molecule has 0 bridgehead atoms. The molecular formula is C23H20N2O2S. The van der Waals surface area contributed by atoms with Gasteiger partial charge in [-0.2, -0.15) is 4.98 Å². The Labute approximate surface area is 166 Å². The summed E-state index contributed by atoms with van der Waals surface area (Å²) in [4.78, 5) is 30.2. The maximum Gasteiger partial charge on any atom is 0.277 e. The quantitative estimate of drug-likeness (QED) is 0.540. The van der Waals surface area contributed by atoms with Gasteiger partial charge in [-0.1, -0.05) is 72.9 Å². The SMILES string of the molecule is CCc1ccc(C=c2sc3nc(=O)c(Cc4ccccc4)c(C)n3c2=O)cc1. The van der Waals surface area contributed by atoms with Gasteiger partial charge in [0.2, 0.25) is 4.96 Å². The highest BCUT2D eigenvalue weighted by atomic mass is 32.1. The smallest absolute Gasteiger partial charge is 0.267 e. The van der Waals surface area contributed by atoms with E-state index in [9.17, 15) is 9.59 Å². The lowest BCUT2D eigenvalue weighted by Gasteiger charge is -2.06. The highest BCUT2D eigenvalue weighted by molar-refractivity contribution is 7.15. The molecule has 0 fully saturated rings. The van der Waals surface area contributed by atoms with E-state index in [1.165, 1.54) is 16.9 Å². The third kappa shape index (κ3) is 3.41. The van der Waals surface area contributed by atoms with Crippen LogP contribution in [-0.4, -0.2) is 9.38 Å². The molecule has 0 unspecified atom stereocenters. The number of hydrogen-bond acceptors (Lipinski definition) is 4. The van der Waals surface area contributed by atoms with Crippen LogP contribution in [-0.2, 0) is 12.8 Å². The fourth-order valence-electron chi connectivity index (χ4n) is 3.29. The minimum Gasteiger partial charge on any atom is -0.267 e. The zero-order valence-corrected chi connectivity index (χ0v) is 16.6. The first-order chi connectivity index (χ1) is 13.6. The Morgan fingerprint density at radius 1 is 1.00 bits per heavy atom. The summed E-state index contributed by atoms with van der Waals surface area (Å²) in [6.07, 6.45) is 3.31. The number of nitrogens with zero attached hydrogens (tertiary/aromatic N) is 2. The Morgan fingerprint density at radius 3 is 2.39 bits per heavy atom. The predicted octanol–water partition coefficient (Wildman–Crippen LogP) is 3.13. The maximum absolute atomic E-state index is 13.0. The highest BCUT2D eigenvalue weighted by Gasteiger charge is 2.14. The zero-order chi connectivity index (χ0) is 19.7. The lowest BCUT2D eigenvalue weighted by molar-refractivity contribution is 0.940. The summed E-state index contributed by atoms with van der Waals surface area (Å²) in [6.45, 7) is 3.93. The van der Waals surface area contributed by atoms with Crippen LogP contribution in [0.2, 0.25) is 0 Å². The number of aromatic nitrogens is 2. The molecule has 0 aliphatic rings. The van der Waals surface area contributed by atoms with Crippen LogP contribution in [0.3, 0.4) is 0 Å². The molecule has 0 radical (unpaired) electrons. The van der Waals surface area contributed by atoms with Crippen molar-refractivity contribution in [2.45, 2.75) is 26.7 Å². The summed E-state index contributed by atoms with van der Waals surface area (Å²) in [5, 5.41) is 0. The topological polar surface area (TPSA) is 51.4 Å². The molecule has 0 saturated heterocycles. The third-order valence-electron chi connectivity index (χ3n) is 4.94. The third-order valence-corrected chi connectivity index (χ3v) is 5.91. The molecule has 140 valence electrons. The molecule has 2 aromatic carbocycles. The number of aryl methyl sites for hydroxylation is 2. The van der Waals surface area contributed by atoms with E-state index in [0.29, 0.717) is 27.2 Å². The lowest BCUT2D eigenvalue weighted by atomic mass is 10.1. The average molecular weight is 388 g/mol. The highest BCUT2D eigenvalue weighted by Crippen LogP contribution is 2.12. The van der Waals surface area contributed by atoms with Crippen LogP contribution in [0.15, 0.2) is 64.2 Å². The molecule has 0 aliphatic carbocycles. The van der Waals surface area contributed by atoms with Crippen molar-refractivity contribution in [3.63, 3.8) is 0 Å². The summed E-state index contributed by atoms with van der Waals surface area (Å²) in [5.41, 5.74) is 4.09. The van der Waals surface area contributed by atoms with Crippen LogP contribution in [0.1, 0.15) is 34.9 Å². The van der Waals surface area contributed by atoms with Gasteiger partial charge in [0.15, 0.2) is 0 Å². The van der Waals surface area contributed by atoms with Gasteiger partial charge in [0, 0.05) is 17.7 Å². The number of thiazole rings is 1. The Morgan fingerprint density at radius 2 is 1.71 bits per heavy atom. The number of hydrogen-bond donors (Lipinski definition) is 0. The zero-order valence-electron chi connectivity index (χ0n) is 15.8. The molecule has 0 spiro atoms. The molecule has 4 nitrogen and oxygen atoms in total. The number of rotatable bonds is 4. The monoisotopic (exact) mass is 388 g/mol. The summed E-state index contributed by atoms with van der Waals surface area (Å²) in [5.74, 6) is 0. The second kappa shape index (κ2) is 7.52. The van der Waals surface area contributed by atoms with Crippen molar-refractivity contribution < 1.29 is 0 Å². The van der Waals surface area contributed by atoms with Crippen molar-refractivity contribution >= 4 is 22.4 Å². The van der Waals surface area contributed by atoms with Gasteiger partial charge in [0.1, 0.15) is 0 Å². The van der Waals surface area contributed by atoms with Gasteiger partial charge in [-0.15, -0.1) is 0 Å². The first kappa shape index (κ1) is 18.3. The van der Waals surface area contributed by atoms with E-state index in [-0.39, 0.29) is 11.1 Å². The number of fused-ring (bicyclic) bond motifs is 1. The van der Waals surface area contributed by atoms with Gasteiger partial charge < -0.3 is 0 Å². The molecule has 2 heterocycles. The van der Waals surface area contributed by atoms with Crippen molar-refractivity contribution in [1.82, 2.24) is 9.38 Å². The van der Waals surface area contributed by atoms with Crippen LogP contribution in [0, 0.1) is 6.92 Å². The Hall–Kier alpha value is -3.05. The number of benzene rings is 2. The average Bonchev–Trinajstić information content (AvgIpc) is 3.01. The van der Waals surface area contributed by atoms with Crippen LogP contribution in [0.25, 0.3) is 11.0 Å². The van der Waals surface area contributed by atoms with Crippen LogP contribution in [0.5, 0.6) is 0 Å². The summed E-state index contributed by atoms with van der Waals surface area (Å²) in [7, 11) is 0. The van der Waals surface area contributed by atoms with Gasteiger partial charge >= 0.3 is 0 Å². The second-order valence-electron chi connectivity index (χ2n) is 6.77. The van der Waals surface area contributed by atoms with E-state index in [4.69, 9.17) is 0 Å². The van der Waals surface area contributed by atoms with Crippen molar-refractivity contribution in [3.8, 4) is 0 Å². The maximum atomic E-state index is 13.0. The van der Waals surface area contributed by atoms with E-state index < -0.39 is 0 Å². The molecule has 2 aromatic heterocycles. The molecule has 0 amide bonds. The van der Waals surface area contributed by atoms with Gasteiger partial charge in [0.25, 0.3) is 11.1 Å². The van der Waals surface area contributed by atoms with E-state index in [1.807, 2.05) is 55.5 Å². The molecule has 0 saturated carbocycles. The van der Waals surface area contributed by atoms with E-state index in [2.05, 4.69) is 24.0 Å². The standard InChI is InChI=1S/C23H20N2O2S/c1-3-16-9-11-18(12-10-16)14-20-22(27)25-15(2)19(21(26)24-23(25)28-20)13-17-7-5-4-6-8-17/h4-12,14H,3,13H2,1-2H3. The molecular weight excluding hydrogens is 368 g/mol. The molecule has 4 aromatic rings. The minimum atomic E-state index is -0.263. The lowest BCUT2D eigenvalue weighted by Crippen LogP contribution is -2.27. The van der Waals surface area contributed by atoms with Crippen LogP contribution >= 0.6 is 11.3 Å². The largest absolute Gasteiger partial charge is 0.277 e. The van der Waals surface area contributed by atoms with Crippen molar-refractivity contribution in [2.24, 2.45) is 0 Å². The van der Waals surface area contributed by atoms with Crippen LogP contribution < -0.4 is 15.7 Å². The van der Waals surface area contributed by atoms with Crippen LogP contribution in [0.4, 0.5) is 0 Å².